The minimum absolute atomic E-state index is 0.126. The van der Waals surface area contributed by atoms with Crippen LogP contribution in [0.25, 0.3) is 0 Å². The Kier molecular flexibility index (Phi) is 5.43. The molecule has 0 N–H and O–H groups in total. The molecule has 1 amide bonds. The van der Waals surface area contributed by atoms with Crippen molar-refractivity contribution in [3.63, 3.8) is 0 Å². The van der Waals surface area contributed by atoms with Crippen LogP contribution in [0.2, 0.25) is 0 Å². The minimum Gasteiger partial charge on any atom is -0.337 e. The van der Waals surface area contributed by atoms with Crippen molar-refractivity contribution in [2.24, 2.45) is 0 Å². The molecule has 0 radical (unpaired) electrons. The molecule has 5 heteroatoms. The van der Waals surface area contributed by atoms with Crippen LogP contribution in [0.3, 0.4) is 0 Å². The smallest absolute Gasteiger partial charge is 0.253 e. The first-order valence-electron chi connectivity index (χ1n) is 8.45. The van der Waals surface area contributed by atoms with Crippen molar-refractivity contribution in [2.75, 3.05) is 32.7 Å². The Balaban J connectivity index is 1.61. The van der Waals surface area contributed by atoms with Crippen LogP contribution >= 0.6 is 0 Å². The van der Waals surface area contributed by atoms with Gasteiger partial charge in [0.2, 0.25) is 0 Å². The van der Waals surface area contributed by atoms with E-state index in [1.54, 1.807) is 6.20 Å². The Morgan fingerprint density at radius 2 is 2.00 bits per heavy atom. The van der Waals surface area contributed by atoms with Gasteiger partial charge in [-0.25, -0.2) is 0 Å². The number of carbonyl (C=O) groups is 1. The number of hydrogen-bond acceptors (Lipinski definition) is 3. The average molecular weight is 324 g/mol. The Labute approximate surface area is 143 Å². The normalized spacial score (nSPS) is 15.9. The number of benzene rings is 1. The monoisotopic (exact) mass is 324 g/mol. The maximum atomic E-state index is 12.7. The van der Waals surface area contributed by atoms with E-state index in [0.717, 1.165) is 56.8 Å². The minimum atomic E-state index is 0.126. The van der Waals surface area contributed by atoms with Gasteiger partial charge in [-0.3, -0.25) is 14.4 Å². The van der Waals surface area contributed by atoms with Gasteiger partial charge in [-0.2, -0.15) is 5.10 Å². The van der Waals surface area contributed by atoms with Crippen molar-refractivity contribution in [3.05, 3.63) is 66.5 Å². The summed E-state index contributed by atoms with van der Waals surface area (Å²) in [4.78, 5) is 17.0. The van der Waals surface area contributed by atoms with Crippen LogP contribution in [-0.2, 0) is 6.54 Å². The molecule has 0 saturated carbocycles. The maximum Gasteiger partial charge on any atom is 0.253 e. The fraction of sp³-hybridized carbons (Fsp3) is 0.368. The molecule has 0 spiro atoms. The molecule has 1 saturated heterocycles. The topological polar surface area (TPSA) is 41.4 Å². The van der Waals surface area contributed by atoms with Crippen LogP contribution in [0.1, 0.15) is 22.3 Å². The van der Waals surface area contributed by atoms with Crippen molar-refractivity contribution < 1.29 is 4.79 Å². The summed E-state index contributed by atoms with van der Waals surface area (Å²) >= 11 is 0. The summed E-state index contributed by atoms with van der Waals surface area (Å²) in [6.45, 7) is 8.95. The summed E-state index contributed by atoms with van der Waals surface area (Å²) < 4.78 is 1.87. The highest BCUT2D eigenvalue weighted by Gasteiger charge is 2.19. The number of carbonyl (C=O) groups excluding carboxylic acids is 1. The summed E-state index contributed by atoms with van der Waals surface area (Å²) in [5, 5.41) is 4.20. The maximum absolute atomic E-state index is 12.7. The van der Waals surface area contributed by atoms with Gasteiger partial charge in [0, 0.05) is 50.7 Å². The Morgan fingerprint density at radius 3 is 2.71 bits per heavy atom. The summed E-state index contributed by atoms with van der Waals surface area (Å²) in [7, 11) is 0. The van der Waals surface area contributed by atoms with E-state index in [1.165, 1.54) is 0 Å². The number of amides is 1. The van der Waals surface area contributed by atoms with Gasteiger partial charge in [-0.15, -0.1) is 6.58 Å². The van der Waals surface area contributed by atoms with E-state index in [4.69, 9.17) is 0 Å². The highest BCUT2D eigenvalue weighted by molar-refractivity contribution is 5.94. The van der Waals surface area contributed by atoms with E-state index in [1.807, 2.05) is 52.2 Å². The van der Waals surface area contributed by atoms with Gasteiger partial charge in [0.1, 0.15) is 0 Å². The zero-order valence-electron chi connectivity index (χ0n) is 14.0. The lowest BCUT2D eigenvalue weighted by atomic mass is 10.1. The molecule has 0 aliphatic carbocycles. The lowest BCUT2D eigenvalue weighted by Crippen LogP contribution is -2.35. The van der Waals surface area contributed by atoms with Gasteiger partial charge in [0.25, 0.3) is 5.91 Å². The van der Waals surface area contributed by atoms with Crippen LogP contribution in [0.5, 0.6) is 0 Å². The molecule has 0 unspecified atom stereocenters. The van der Waals surface area contributed by atoms with Gasteiger partial charge in [-0.05, 0) is 30.2 Å². The van der Waals surface area contributed by atoms with Gasteiger partial charge in [-0.1, -0.05) is 18.2 Å². The Bertz CT molecular complexity index is 663. The molecule has 0 bridgehead atoms. The molecule has 3 rings (SSSR count). The second kappa shape index (κ2) is 7.93. The molecule has 0 atom stereocenters. The van der Waals surface area contributed by atoms with Crippen molar-refractivity contribution in [3.8, 4) is 0 Å². The molecule has 1 aliphatic rings. The SMILES string of the molecule is C=CCN1CCCN(C(=O)c2ccc(Cn3cccn3)cc2)CC1. The summed E-state index contributed by atoms with van der Waals surface area (Å²) in [5.41, 5.74) is 1.90. The standard InChI is InChI=1S/C19H24N4O/c1-2-10-21-11-4-12-22(15-14-21)19(24)18-7-5-17(6-8-18)16-23-13-3-9-20-23/h2-3,5-9,13H,1,4,10-12,14-16H2. The summed E-state index contributed by atoms with van der Waals surface area (Å²) in [6, 6.07) is 9.78. The molecule has 2 heterocycles. The van der Waals surface area contributed by atoms with Crippen LogP contribution in [0.15, 0.2) is 55.4 Å². The van der Waals surface area contributed by atoms with E-state index in [0.29, 0.717) is 0 Å². The third-order valence-corrected chi connectivity index (χ3v) is 4.37. The first-order chi connectivity index (χ1) is 11.8. The van der Waals surface area contributed by atoms with Crippen molar-refractivity contribution in [1.82, 2.24) is 19.6 Å². The number of rotatable bonds is 5. The largest absolute Gasteiger partial charge is 0.337 e. The molecule has 5 nitrogen and oxygen atoms in total. The van der Waals surface area contributed by atoms with Gasteiger partial charge in [0.15, 0.2) is 0 Å². The number of nitrogens with zero attached hydrogens (tertiary/aromatic N) is 4. The van der Waals surface area contributed by atoms with Gasteiger partial charge >= 0.3 is 0 Å². The second-order valence-corrected chi connectivity index (χ2v) is 6.14. The van der Waals surface area contributed by atoms with Crippen LogP contribution < -0.4 is 0 Å². The highest BCUT2D eigenvalue weighted by atomic mass is 16.2. The quantitative estimate of drug-likeness (QED) is 0.792. The Morgan fingerprint density at radius 1 is 1.17 bits per heavy atom. The third kappa shape index (κ3) is 4.11. The fourth-order valence-electron chi connectivity index (χ4n) is 3.06. The molecule has 1 fully saturated rings. The first kappa shape index (κ1) is 16.5. The van der Waals surface area contributed by atoms with E-state index in [-0.39, 0.29) is 5.91 Å². The predicted octanol–water partition coefficient (Wildman–Crippen LogP) is 2.27. The molecule has 1 aromatic heterocycles. The van der Waals surface area contributed by atoms with Gasteiger partial charge < -0.3 is 4.90 Å². The van der Waals surface area contributed by atoms with Crippen molar-refractivity contribution >= 4 is 5.91 Å². The van der Waals surface area contributed by atoms with Crippen LogP contribution in [0, 0.1) is 0 Å². The average Bonchev–Trinajstić information content (AvgIpc) is 3.00. The molecular weight excluding hydrogens is 300 g/mol. The fourth-order valence-corrected chi connectivity index (χ4v) is 3.06. The van der Waals surface area contributed by atoms with Gasteiger partial charge in [0.05, 0.1) is 6.54 Å². The lowest BCUT2D eigenvalue weighted by molar-refractivity contribution is 0.0762. The third-order valence-electron chi connectivity index (χ3n) is 4.37. The highest BCUT2D eigenvalue weighted by Crippen LogP contribution is 2.11. The zero-order valence-corrected chi connectivity index (χ0v) is 14.0. The summed E-state index contributed by atoms with van der Waals surface area (Å²) in [5.74, 6) is 0.126. The predicted molar refractivity (Wildman–Crippen MR) is 94.9 cm³/mol. The first-order valence-corrected chi connectivity index (χ1v) is 8.45. The van der Waals surface area contributed by atoms with Crippen LogP contribution in [-0.4, -0.2) is 58.2 Å². The molecule has 2 aromatic rings. The van der Waals surface area contributed by atoms with E-state index < -0.39 is 0 Å². The zero-order chi connectivity index (χ0) is 16.8. The van der Waals surface area contributed by atoms with E-state index in [2.05, 4.69) is 16.6 Å². The number of hydrogen-bond donors (Lipinski definition) is 0. The lowest BCUT2D eigenvalue weighted by Gasteiger charge is -2.21. The molecule has 1 aliphatic heterocycles. The van der Waals surface area contributed by atoms with E-state index >= 15 is 0 Å². The van der Waals surface area contributed by atoms with Crippen LogP contribution in [0.4, 0.5) is 0 Å². The second-order valence-electron chi connectivity index (χ2n) is 6.14. The molecule has 126 valence electrons. The van der Waals surface area contributed by atoms with Crippen molar-refractivity contribution in [1.29, 1.82) is 0 Å². The van der Waals surface area contributed by atoms with Crippen molar-refractivity contribution in [2.45, 2.75) is 13.0 Å². The molecule has 1 aromatic carbocycles. The molecular formula is C19H24N4O. The Hall–Kier alpha value is -2.40. The molecule has 24 heavy (non-hydrogen) atoms. The summed E-state index contributed by atoms with van der Waals surface area (Å²) in [6.07, 6.45) is 6.64. The van der Waals surface area contributed by atoms with E-state index in [9.17, 15) is 4.79 Å². The number of aromatic nitrogens is 2.